The highest BCUT2D eigenvalue weighted by atomic mass is 32.1. The molecule has 1 aliphatic rings. The molecule has 0 amide bonds. The van der Waals surface area contributed by atoms with E-state index in [1.54, 1.807) is 17.0 Å². The summed E-state index contributed by atoms with van der Waals surface area (Å²) in [6.07, 6.45) is -0.852. The van der Waals surface area contributed by atoms with Crippen LogP contribution in [-0.2, 0) is 4.74 Å². The van der Waals surface area contributed by atoms with Crippen molar-refractivity contribution in [1.82, 2.24) is 19.5 Å². The van der Waals surface area contributed by atoms with Gasteiger partial charge in [0.1, 0.15) is 23.3 Å². The van der Waals surface area contributed by atoms with Crippen molar-refractivity contribution in [3.05, 3.63) is 17.4 Å². The average Bonchev–Trinajstić information content (AvgIpc) is 3.01. The Hall–Kier alpha value is -1.46. The fourth-order valence-corrected chi connectivity index (χ4v) is 2.80. The number of aliphatic hydroxyl groups excluding tert-OH is 2. The number of aromatic nitrogens is 4. The highest BCUT2D eigenvalue weighted by Gasteiger charge is 2.43. The Morgan fingerprint density at radius 3 is 2.90 bits per heavy atom. The molecule has 3 heterocycles. The minimum atomic E-state index is -0.916. The monoisotopic (exact) mass is 312 g/mol. The molecule has 1 aliphatic heterocycles. The Labute approximate surface area is 125 Å². The van der Waals surface area contributed by atoms with E-state index in [0.29, 0.717) is 17.0 Å². The SMILES string of the molecule is Cc1nc(N[O-])c2ncn([C@@H]3O[C@H](CO)[C@@H](O)[C@H]3S)c2n1. The summed E-state index contributed by atoms with van der Waals surface area (Å²) in [5.74, 6) is 0.472. The lowest BCUT2D eigenvalue weighted by atomic mass is 10.2. The maximum absolute atomic E-state index is 10.9. The van der Waals surface area contributed by atoms with Crippen LogP contribution in [0.25, 0.3) is 11.2 Å². The van der Waals surface area contributed by atoms with E-state index >= 15 is 0 Å². The molecular weight excluding hydrogens is 298 g/mol. The summed E-state index contributed by atoms with van der Waals surface area (Å²) in [4.78, 5) is 12.3. The van der Waals surface area contributed by atoms with Crippen LogP contribution in [0.4, 0.5) is 5.82 Å². The lowest BCUT2D eigenvalue weighted by molar-refractivity contribution is -0.0430. The number of rotatable bonds is 3. The minimum absolute atomic E-state index is 0.0733. The Morgan fingerprint density at radius 2 is 2.29 bits per heavy atom. The quantitative estimate of drug-likeness (QED) is 0.445. The maximum atomic E-state index is 10.9. The Morgan fingerprint density at radius 1 is 1.52 bits per heavy atom. The third-order valence-corrected chi connectivity index (χ3v) is 3.98. The number of ether oxygens (including phenoxy) is 1. The molecule has 10 heteroatoms. The first-order chi connectivity index (χ1) is 10.1. The maximum Gasteiger partial charge on any atom is 0.167 e. The second kappa shape index (κ2) is 5.39. The van der Waals surface area contributed by atoms with Crippen molar-refractivity contribution in [2.45, 2.75) is 30.6 Å². The van der Waals surface area contributed by atoms with Gasteiger partial charge in [0.2, 0.25) is 0 Å². The van der Waals surface area contributed by atoms with Crippen LogP contribution in [0, 0.1) is 12.1 Å². The van der Waals surface area contributed by atoms with Crippen molar-refractivity contribution in [2.24, 2.45) is 0 Å². The van der Waals surface area contributed by atoms with Crippen LogP contribution in [0.3, 0.4) is 0 Å². The van der Waals surface area contributed by atoms with Crippen molar-refractivity contribution in [1.29, 1.82) is 0 Å². The molecular formula is C11H14N5O4S-. The molecule has 2 aromatic heterocycles. The lowest BCUT2D eigenvalue weighted by Gasteiger charge is -2.17. The minimum Gasteiger partial charge on any atom is -0.760 e. The van der Waals surface area contributed by atoms with E-state index in [2.05, 4.69) is 27.6 Å². The smallest absolute Gasteiger partial charge is 0.167 e. The molecule has 0 spiro atoms. The van der Waals surface area contributed by atoms with Gasteiger partial charge in [-0.3, -0.25) is 4.57 Å². The van der Waals surface area contributed by atoms with Gasteiger partial charge < -0.3 is 25.6 Å². The number of hydrogen-bond acceptors (Lipinski definition) is 9. The Balaban J connectivity index is 2.07. The van der Waals surface area contributed by atoms with Crippen molar-refractivity contribution in [3.63, 3.8) is 0 Å². The molecule has 0 aromatic carbocycles. The van der Waals surface area contributed by atoms with Crippen LogP contribution < -0.4 is 5.48 Å². The number of nitrogens with zero attached hydrogens (tertiary/aromatic N) is 4. The van der Waals surface area contributed by atoms with Gasteiger partial charge in [0, 0.05) is 0 Å². The van der Waals surface area contributed by atoms with Gasteiger partial charge in [0.25, 0.3) is 0 Å². The standard InChI is InChI=1S/C11H14N5O4S/c1-4-13-9(15-19)6-10(14-4)16(3-12-6)11-8(21)7(18)5(2-17)20-11/h3,5,7-8,11,17-18H,2H2,1H3,(H2-,13,14,15,19,21)/q-1/t5-,7-,8-,11-/m1/s1. The molecule has 0 unspecified atom stereocenters. The van der Waals surface area contributed by atoms with Gasteiger partial charge in [-0.25, -0.2) is 15.0 Å². The van der Waals surface area contributed by atoms with E-state index < -0.39 is 23.7 Å². The number of hydrogen-bond donors (Lipinski definition) is 4. The van der Waals surface area contributed by atoms with E-state index in [1.165, 1.54) is 6.33 Å². The van der Waals surface area contributed by atoms with E-state index in [9.17, 15) is 15.4 Å². The molecule has 0 bridgehead atoms. The second-order valence-electron chi connectivity index (χ2n) is 4.77. The highest BCUT2D eigenvalue weighted by Crippen LogP contribution is 2.35. The first-order valence-electron chi connectivity index (χ1n) is 6.28. The Kier molecular flexibility index (Phi) is 3.71. The topological polar surface area (TPSA) is 128 Å². The van der Waals surface area contributed by atoms with E-state index in [0.717, 1.165) is 0 Å². The van der Waals surface area contributed by atoms with Gasteiger partial charge in [-0.2, -0.15) is 12.6 Å². The molecule has 0 saturated carbocycles. The van der Waals surface area contributed by atoms with Crippen molar-refractivity contribution >= 4 is 29.6 Å². The van der Waals surface area contributed by atoms with Crippen molar-refractivity contribution in [3.8, 4) is 0 Å². The fourth-order valence-electron chi connectivity index (χ4n) is 2.39. The molecule has 1 fully saturated rings. The van der Waals surface area contributed by atoms with Gasteiger partial charge in [0.15, 0.2) is 11.9 Å². The predicted molar refractivity (Wildman–Crippen MR) is 76.8 cm³/mol. The Bertz CT molecular complexity index is 665. The van der Waals surface area contributed by atoms with Gasteiger partial charge in [0.05, 0.1) is 24.3 Å². The van der Waals surface area contributed by atoms with E-state index in [4.69, 9.17) is 4.74 Å². The molecule has 114 valence electrons. The molecule has 0 radical (unpaired) electrons. The largest absolute Gasteiger partial charge is 0.760 e. The molecule has 1 saturated heterocycles. The lowest BCUT2D eigenvalue weighted by Crippen LogP contribution is -2.30. The van der Waals surface area contributed by atoms with Crippen molar-refractivity contribution in [2.75, 3.05) is 12.1 Å². The summed E-state index contributed by atoms with van der Waals surface area (Å²) >= 11 is 4.33. The molecule has 3 N–H and O–H groups in total. The van der Waals surface area contributed by atoms with Crippen LogP contribution in [-0.4, -0.2) is 53.8 Å². The van der Waals surface area contributed by atoms with Crippen molar-refractivity contribution < 1.29 is 14.9 Å². The summed E-state index contributed by atoms with van der Waals surface area (Å²) in [6.45, 7) is 1.33. The summed E-state index contributed by atoms with van der Waals surface area (Å²) in [6, 6.07) is 0. The second-order valence-corrected chi connectivity index (χ2v) is 5.37. The molecule has 2 aromatic rings. The zero-order valence-corrected chi connectivity index (χ0v) is 11.9. The zero-order chi connectivity index (χ0) is 15.1. The number of fused-ring (bicyclic) bond motifs is 1. The average molecular weight is 312 g/mol. The summed E-state index contributed by atoms with van der Waals surface area (Å²) in [5, 5.41) is 29.5. The highest BCUT2D eigenvalue weighted by molar-refractivity contribution is 7.81. The third kappa shape index (κ3) is 2.24. The molecule has 3 rings (SSSR count). The number of thiol groups is 1. The van der Waals surface area contributed by atoms with Gasteiger partial charge in [-0.15, -0.1) is 0 Å². The van der Waals surface area contributed by atoms with Gasteiger partial charge in [-0.1, -0.05) is 0 Å². The number of nitrogens with one attached hydrogen (secondary N) is 1. The number of anilines is 1. The van der Waals surface area contributed by atoms with Crippen LogP contribution in [0.15, 0.2) is 6.33 Å². The van der Waals surface area contributed by atoms with Crippen LogP contribution in [0.5, 0.6) is 0 Å². The summed E-state index contributed by atoms with van der Waals surface area (Å²) in [7, 11) is 0. The number of aryl methyl sites for hydroxylation is 1. The first-order valence-corrected chi connectivity index (χ1v) is 6.80. The van der Waals surface area contributed by atoms with E-state index in [1.807, 2.05) is 0 Å². The summed E-state index contributed by atoms with van der Waals surface area (Å²) < 4.78 is 7.16. The molecule has 9 nitrogen and oxygen atoms in total. The fraction of sp³-hybridized carbons (Fsp3) is 0.545. The van der Waals surface area contributed by atoms with Gasteiger partial charge >= 0.3 is 0 Å². The van der Waals surface area contributed by atoms with Crippen LogP contribution >= 0.6 is 12.6 Å². The zero-order valence-electron chi connectivity index (χ0n) is 11.0. The molecule has 0 aliphatic carbocycles. The first kappa shape index (κ1) is 14.5. The molecule has 4 atom stereocenters. The van der Waals surface area contributed by atoms with Crippen LogP contribution in [0.2, 0.25) is 0 Å². The third-order valence-electron chi connectivity index (χ3n) is 3.42. The van der Waals surface area contributed by atoms with E-state index in [-0.39, 0.29) is 12.4 Å². The van der Waals surface area contributed by atoms with Crippen LogP contribution in [0.1, 0.15) is 12.1 Å². The molecule has 21 heavy (non-hydrogen) atoms. The normalized spacial score (nSPS) is 29.2. The number of aliphatic hydroxyl groups is 2. The van der Waals surface area contributed by atoms with Gasteiger partial charge in [-0.05, 0) is 6.92 Å². The number of imidazole rings is 1. The summed E-state index contributed by atoms with van der Waals surface area (Å²) in [5.41, 5.74) is 2.43. The predicted octanol–water partition coefficient (Wildman–Crippen LogP) is -0.407.